The van der Waals surface area contributed by atoms with E-state index in [1.165, 1.54) is 16.7 Å². The fourth-order valence-electron chi connectivity index (χ4n) is 3.22. The van der Waals surface area contributed by atoms with Crippen molar-refractivity contribution in [3.8, 4) is 5.69 Å². The molecule has 0 bridgehead atoms. The summed E-state index contributed by atoms with van der Waals surface area (Å²) in [6, 6.07) is 17.0. The minimum atomic E-state index is 0.729. The number of anilines is 1. The van der Waals surface area contributed by atoms with Crippen LogP contribution in [-0.4, -0.2) is 41.1 Å². The molecular formula is C21H24N4OS. The van der Waals surface area contributed by atoms with Crippen LogP contribution in [0.1, 0.15) is 16.7 Å². The number of thioether (sulfide) groups is 1. The van der Waals surface area contributed by atoms with Crippen LogP contribution in [0.4, 0.5) is 5.95 Å². The fourth-order valence-corrected chi connectivity index (χ4v) is 4.24. The molecule has 4 rings (SSSR count). The topological polar surface area (TPSA) is 43.2 Å². The van der Waals surface area contributed by atoms with Gasteiger partial charge in [-0.25, -0.2) is 0 Å². The lowest BCUT2D eigenvalue weighted by Crippen LogP contribution is -2.37. The Morgan fingerprint density at radius 3 is 2.56 bits per heavy atom. The molecule has 2 heterocycles. The van der Waals surface area contributed by atoms with Crippen molar-refractivity contribution < 1.29 is 4.74 Å². The Morgan fingerprint density at radius 2 is 1.78 bits per heavy atom. The van der Waals surface area contributed by atoms with Crippen molar-refractivity contribution >= 4 is 17.7 Å². The Labute approximate surface area is 164 Å². The van der Waals surface area contributed by atoms with E-state index in [2.05, 4.69) is 76.0 Å². The Kier molecular flexibility index (Phi) is 5.45. The second kappa shape index (κ2) is 8.15. The van der Waals surface area contributed by atoms with Crippen LogP contribution in [0.25, 0.3) is 5.69 Å². The first-order chi connectivity index (χ1) is 13.2. The zero-order valence-electron chi connectivity index (χ0n) is 15.8. The molecule has 3 aromatic rings. The number of hydrogen-bond acceptors (Lipinski definition) is 5. The summed E-state index contributed by atoms with van der Waals surface area (Å²) in [6.45, 7) is 7.44. The highest BCUT2D eigenvalue weighted by Gasteiger charge is 2.21. The molecule has 0 aliphatic carbocycles. The number of hydrogen-bond donors (Lipinski definition) is 0. The fraction of sp³-hybridized carbons (Fsp3) is 0.333. The third kappa shape index (κ3) is 4.01. The Morgan fingerprint density at radius 1 is 1.00 bits per heavy atom. The van der Waals surface area contributed by atoms with E-state index in [1.54, 1.807) is 11.8 Å². The first-order valence-corrected chi connectivity index (χ1v) is 10.2. The van der Waals surface area contributed by atoms with Gasteiger partial charge in [-0.05, 0) is 37.1 Å². The van der Waals surface area contributed by atoms with Gasteiger partial charge in [0.2, 0.25) is 5.95 Å². The van der Waals surface area contributed by atoms with Gasteiger partial charge in [0.1, 0.15) is 0 Å². The van der Waals surface area contributed by atoms with Crippen LogP contribution in [-0.2, 0) is 10.5 Å². The molecule has 2 aromatic carbocycles. The predicted octanol–water partition coefficient (Wildman–Crippen LogP) is 4.01. The quantitative estimate of drug-likeness (QED) is 0.626. The van der Waals surface area contributed by atoms with Crippen LogP contribution >= 0.6 is 11.8 Å². The zero-order chi connectivity index (χ0) is 18.6. The third-order valence-corrected chi connectivity index (χ3v) is 5.76. The van der Waals surface area contributed by atoms with E-state index in [4.69, 9.17) is 4.74 Å². The van der Waals surface area contributed by atoms with Crippen molar-refractivity contribution in [2.45, 2.75) is 24.8 Å². The summed E-state index contributed by atoms with van der Waals surface area (Å²) >= 11 is 1.73. The summed E-state index contributed by atoms with van der Waals surface area (Å²) < 4.78 is 7.67. The van der Waals surface area contributed by atoms with E-state index in [0.29, 0.717) is 0 Å². The molecule has 27 heavy (non-hydrogen) atoms. The van der Waals surface area contributed by atoms with Gasteiger partial charge in [-0.1, -0.05) is 53.7 Å². The van der Waals surface area contributed by atoms with Crippen LogP contribution in [0.5, 0.6) is 0 Å². The maximum Gasteiger partial charge on any atom is 0.232 e. The van der Waals surface area contributed by atoms with Crippen molar-refractivity contribution in [2.24, 2.45) is 0 Å². The standard InChI is InChI=1S/C21H24N4OS/c1-16-8-9-17(2)18(14-16)15-27-21-23-22-20(24-10-12-26-13-11-24)25(21)19-6-4-3-5-7-19/h3-9,14H,10-13,15H2,1-2H3. The summed E-state index contributed by atoms with van der Waals surface area (Å²) in [4.78, 5) is 2.26. The van der Waals surface area contributed by atoms with E-state index >= 15 is 0 Å². The van der Waals surface area contributed by atoms with E-state index in [0.717, 1.165) is 48.8 Å². The van der Waals surface area contributed by atoms with Gasteiger partial charge in [0, 0.05) is 18.8 Å². The van der Waals surface area contributed by atoms with Gasteiger partial charge in [0.25, 0.3) is 0 Å². The van der Waals surface area contributed by atoms with Gasteiger partial charge >= 0.3 is 0 Å². The van der Waals surface area contributed by atoms with Crippen LogP contribution in [0.15, 0.2) is 53.7 Å². The van der Waals surface area contributed by atoms with Crippen LogP contribution < -0.4 is 4.90 Å². The monoisotopic (exact) mass is 380 g/mol. The average Bonchev–Trinajstić information content (AvgIpc) is 3.14. The molecule has 6 heteroatoms. The molecule has 0 unspecified atom stereocenters. The SMILES string of the molecule is Cc1ccc(C)c(CSc2nnc(N3CCOCC3)n2-c2ccccc2)c1. The molecule has 1 saturated heterocycles. The predicted molar refractivity (Wildman–Crippen MR) is 110 cm³/mol. The second-order valence-electron chi connectivity index (χ2n) is 6.77. The van der Waals surface area contributed by atoms with E-state index < -0.39 is 0 Å². The molecule has 140 valence electrons. The number of para-hydroxylation sites is 1. The van der Waals surface area contributed by atoms with Gasteiger partial charge in [-0.2, -0.15) is 0 Å². The van der Waals surface area contributed by atoms with Crippen LogP contribution in [0, 0.1) is 13.8 Å². The zero-order valence-corrected chi connectivity index (χ0v) is 16.6. The van der Waals surface area contributed by atoms with Gasteiger partial charge < -0.3 is 9.64 Å². The highest BCUT2D eigenvalue weighted by Crippen LogP contribution is 2.30. The van der Waals surface area contributed by atoms with Crippen LogP contribution in [0.3, 0.4) is 0 Å². The number of rotatable bonds is 5. The molecular weight excluding hydrogens is 356 g/mol. The smallest absolute Gasteiger partial charge is 0.232 e. The summed E-state index contributed by atoms with van der Waals surface area (Å²) in [5.41, 5.74) is 5.03. The second-order valence-corrected chi connectivity index (χ2v) is 7.71. The van der Waals surface area contributed by atoms with Crippen molar-refractivity contribution in [1.29, 1.82) is 0 Å². The molecule has 0 saturated carbocycles. The number of nitrogens with zero attached hydrogens (tertiary/aromatic N) is 4. The average molecular weight is 381 g/mol. The largest absolute Gasteiger partial charge is 0.378 e. The van der Waals surface area contributed by atoms with Crippen LogP contribution in [0.2, 0.25) is 0 Å². The molecule has 0 N–H and O–H groups in total. The van der Waals surface area contributed by atoms with E-state index in [9.17, 15) is 0 Å². The Bertz CT molecular complexity index is 904. The number of benzene rings is 2. The van der Waals surface area contributed by atoms with Crippen molar-refractivity contribution in [3.05, 3.63) is 65.2 Å². The summed E-state index contributed by atoms with van der Waals surface area (Å²) in [7, 11) is 0. The molecule has 0 atom stereocenters. The molecule has 5 nitrogen and oxygen atoms in total. The van der Waals surface area contributed by atoms with Crippen molar-refractivity contribution in [3.63, 3.8) is 0 Å². The molecule has 0 radical (unpaired) electrons. The first kappa shape index (κ1) is 18.1. The molecule has 0 spiro atoms. The maximum absolute atomic E-state index is 5.50. The van der Waals surface area contributed by atoms with Gasteiger partial charge in [0.15, 0.2) is 5.16 Å². The third-order valence-electron chi connectivity index (χ3n) is 4.79. The summed E-state index contributed by atoms with van der Waals surface area (Å²) in [5, 5.41) is 9.98. The molecule has 1 aliphatic heterocycles. The van der Waals surface area contributed by atoms with Crippen molar-refractivity contribution in [2.75, 3.05) is 31.2 Å². The van der Waals surface area contributed by atoms with Gasteiger partial charge in [0.05, 0.1) is 18.9 Å². The Balaban J connectivity index is 1.66. The lowest BCUT2D eigenvalue weighted by Gasteiger charge is -2.27. The molecule has 1 aliphatic rings. The Hall–Kier alpha value is -2.31. The van der Waals surface area contributed by atoms with Gasteiger partial charge in [-0.15, -0.1) is 10.2 Å². The number of ether oxygens (including phenoxy) is 1. The van der Waals surface area contributed by atoms with E-state index in [1.807, 2.05) is 6.07 Å². The lowest BCUT2D eigenvalue weighted by atomic mass is 10.1. The van der Waals surface area contributed by atoms with Gasteiger partial charge in [-0.3, -0.25) is 4.57 Å². The summed E-state index contributed by atoms with van der Waals surface area (Å²) in [5.74, 6) is 1.77. The maximum atomic E-state index is 5.50. The number of aromatic nitrogens is 3. The lowest BCUT2D eigenvalue weighted by molar-refractivity contribution is 0.122. The molecule has 1 fully saturated rings. The molecule has 0 amide bonds. The highest BCUT2D eigenvalue weighted by atomic mass is 32.2. The summed E-state index contributed by atoms with van der Waals surface area (Å²) in [6.07, 6.45) is 0. The van der Waals surface area contributed by atoms with E-state index in [-0.39, 0.29) is 0 Å². The minimum absolute atomic E-state index is 0.729. The molecule has 1 aromatic heterocycles. The minimum Gasteiger partial charge on any atom is -0.378 e. The first-order valence-electron chi connectivity index (χ1n) is 9.25. The number of morpholine rings is 1. The van der Waals surface area contributed by atoms with Crippen molar-refractivity contribution in [1.82, 2.24) is 14.8 Å². The normalized spacial score (nSPS) is 14.5. The number of aryl methyl sites for hydroxylation is 2. The highest BCUT2D eigenvalue weighted by molar-refractivity contribution is 7.98.